The van der Waals surface area contributed by atoms with Crippen molar-refractivity contribution in [3.63, 3.8) is 0 Å². The quantitative estimate of drug-likeness (QED) is 0.375. The van der Waals surface area contributed by atoms with Crippen LogP contribution in [0.1, 0.15) is 45.4 Å². The van der Waals surface area contributed by atoms with Gasteiger partial charge in [0.2, 0.25) is 0 Å². The molecule has 2 aromatic rings. The molecule has 0 spiro atoms. The zero-order valence-corrected chi connectivity index (χ0v) is 15.1. The van der Waals surface area contributed by atoms with Crippen LogP contribution in [0.2, 0.25) is 0 Å². The second-order valence-corrected chi connectivity index (χ2v) is 7.02. The van der Waals surface area contributed by atoms with Crippen LogP contribution in [0.3, 0.4) is 0 Å². The highest BCUT2D eigenvalue weighted by Gasteiger charge is 2.39. The van der Waals surface area contributed by atoms with E-state index in [2.05, 4.69) is 17.5 Å². The first kappa shape index (κ1) is 17.3. The molecule has 0 amide bonds. The molecule has 3 atom stereocenters. The topological polar surface area (TPSA) is 81.5 Å². The number of non-ortho nitro benzene ring substituents is 1. The van der Waals surface area contributed by atoms with E-state index in [1.807, 2.05) is 25.1 Å². The normalized spacial score (nSPS) is 22.5. The van der Waals surface area contributed by atoms with Crippen LogP contribution in [0.15, 0.2) is 48.6 Å². The molecule has 0 radical (unpaired) electrons. The molecule has 2 aliphatic rings. The van der Waals surface area contributed by atoms with Gasteiger partial charge in [0.05, 0.1) is 23.6 Å². The summed E-state index contributed by atoms with van der Waals surface area (Å²) in [5.41, 5.74) is 4.41. The average Bonchev–Trinajstić information content (AvgIpc) is 3.17. The molecule has 6 heteroatoms. The number of hydrogen-bond acceptors (Lipinski definition) is 5. The van der Waals surface area contributed by atoms with Gasteiger partial charge >= 0.3 is 5.97 Å². The molecule has 1 N–H and O–H groups in total. The summed E-state index contributed by atoms with van der Waals surface area (Å²) in [6.45, 7) is 1.90. The summed E-state index contributed by atoms with van der Waals surface area (Å²) >= 11 is 0. The number of nitrogens with zero attached hydrogens (tertiary/aromatic N) is 1. The fourth-order valence-electron chi connectivity index (χ4n) is 4.31. The van der Waals surface area contributed by atoms with Crippen LogP contribution < -0.4 is 5.32 Å². The van der Waals surface area contributed by atoms with Crippen LogP contribution in [0, 0.1) is 23.0 Å². The van der Waals surface area contributed by atoms with E-state index in [4.69, 9.17) is 4.74 Å². The molecule has 0 unspecified atom stereocenters. The Labute approximate surface area is 157 Å². The summed E-state index contributed by atoms with van der Waals surface area (Å²) in [4.78, 5) is 22.9. The molecule has 27 heavy (non-hydrogen) atoms. The minimum atomic E-state index is -0.370. The van der Waals surface area contributed by atoms with Crippen LogP contribution in [-0.2, 0) is 4.74 Å². The van der Waals surface area contributed by atoms with E-state index in [1.165, 1.54) is 13.2 Å². The summed E-state index contributed by atoms with van der Waals surface area (Å²) in [6, 6.07) is 10.5. The number of nitro groups is 1. The van der Waals surface area contributed by atoms with Gasteiger partial charge in [0.25, 0.3) is 5.69 Å². The molecular formula is C21H20N2O4. The predicted molar refractivity (Wildman–Crippen MR) is 102 cm³/mol. The molecule has 1 heterocycles. The average molecular weight is 364 g/mol. The number of hydrogen-bond donors (Lipinski definition) is 1. The van der Waals surface area contributed by atoms with Crippen molar-refractivity contribution in [2.45, 2.75) is 25.3 Å². The zero-order valence-electron chi connectivity index (χ0n) is 15.1. The lowest BCUT2D eigenvalue weighted by Gasteiger charge is -2.38. The van der Waals surface area contributed by atoms with Gasteiger partial charge in [-0.05, 0) is 42.0 Å². The fourth-order valence-corrected chi connectivity index (χ4v) is 4.31. The molecule has 0 saturated heterocycles. The maximum atomic E-state index is 12.1. The van der Waals surface area contributed by atoms with Crippen LogP contribution in [0.4, 0.5) is 11.4 Å². The standard InChI is InChI=1S/C21H20N2O4/c1-12-15(21(24)27-2)9-10-18-16-7-4-8-17(16)20(22-19(12)18)13-5-3-6-14(11-13)23(25)26/h3-7,9-11,16-17,20,22H,8H2,1-2H3/t16-,17-,20-/m1/s1. The van der Waals surface area contributed by atoms with Gasteiger partial charge in [-0.2, -0.15) is 0 Å². The van der Waals surface area contributed by atoms with E-state index >= 15 is 0 Å². The van der Waals surface area contributed by atoms with E-state index < -0.39 is 0 Å². The highest BCUT2D eigenvalue weighted by Crippen LogP contribution is 2.51. The SMILES string of the molecule is COC(=O)c1ccc2c(c1C)N[C@H](c1cccc([N+](=O)[O-])c1)[C@@H]1CC=C[C@@H]21. The van der Waals surface area contributed by atoms with Crippen LogP contribution >= 0.6 is 0 Å². The Hall–Kier alpha value is -3.15. The third kappa shape index (κ3) is 2.77. The first-order valence-electron chi connectivity index (χ1n) is 8.90. The molecule has 0 saturated carbocycles. The Morgan fingerprint density at radius 2 is 2.11 bits per heavy atom. The Balaban J connectivity index is 1.81. The largest absolute Gasteiger partial charge is 0.465 e. The number of rotatable bonds is 3. The summed E-state index contributed by atoms with van der Waals surface area (Å²) in [5, 5.41) is 14.8. The lowest BCUT2D eigenvalue weighted by Crippen LogP contribution is -2.30. The van der Waals surface area contributed by atoms with Crippen molar-refractivity contribution in [1.82, 2.24) is 0 Å². The summed E-state index contributed by atoms with van der Waals surface area (Å²) in [6.07, 6.45) is 5.27. The number of fused-ring (bicyclic) bond motifs is 3. The van der Waals surface area contributed by atoms with Crippen LogP contribution in [0.5, 0.6) is 0 Å². The Bertz CT molecular complexity index is 967. The van der Waals surface area contributed by atoms with Crippen LogP contribution in [0.25, 0.3) is 0 Å². The van der Waals surface area contributed by atoms with Gasteiger partial charge in [0.1, 0.15) is 0 Å². The Kier molecular flexibility index (Phi) is 4.18. The first-order valence-corrected chi connectivity index (χ1v) is 8.90. The zero-order chi connectivity index (χ0) is 19.1. The highest BCUT2D eigenvalue weighted by molar-refractivity contribution is 5.93. The van der Waals surface area contributed by atoms with Crippen molar-refractivity contribution in [3.8, 4) is 0 Å². The monoisotopic (exact) mass is 364 g/mol. The second kappa shape index (κ2) is 6.54. The van der Waals surface area contributed by atoms with E-state index in [1.54, 1.807) is 12.1 Å². The summed E-state index contributed by atoms with van der Waals surface area (Å²) in [5.74, 6) is 0.131. The molecular weight excluding hydrogens is 344 g/mol. The smallest absolute Gasteiger partial charge is 0.338 e. The van der Waals surface area contributed by atoms with Gasteiger partial charge in [0, 0.05) is 23.7 Å². The van der Waals surface area contributed by atoms with Gasteiger partial charge in [-0.1, -0.05) is 30.4 Å². The predicted octanol–water partition coefficient (Wildman–Crippen LogP) is 4.52. The highest BCUT2D eigenvalue weighted by atomic mass is 16.6. The van der Waals surface area contributed by atoms with E-state index in [-0.39, 0.29) is 34.5 Å². The molecule has 0 bridgehead atoms. The second-order valence-electron chi connectivity index (χ2n) is 7.02. The molecule has 138 valence electrons. The minimum Gasteiger partial charge on any atom is -0.465 e. The number of carbonyl (C=O) groups is 1. The fraction of sp³-hybridized carbons (Fsp3) is 0.286. The minimum absolute atomic E-state index is 0.0657. The molecule has 0 aromatic heterocycles. The van der Waals surface area contributed by atoms with Gasteiger partial charge in [-0.15, -0.1) is 0 Å². The number of allylic oxidation sites excluding steroid dienone is 2. The lowest BCUT2D eigenvalue weighted by atomic mass is 9.76. The van der Waals surface area contributed by atoms with Crippen molar-refractivity contribution in [2.75, 3.05) is 12.4 Å². The van der Waals surface area contributed by atoms with Crippen molar-refractivity contribution in [3.05, 3.63) is 80.9 Å². The number of nitrogens with one attached hydrogen (secondary N) is 1. The van der Waals surface area contributed by atoms with Gasteiger partial charge in [0.15, 0.2) is 0 Å². The van der Waals surface area contributed by atoms with Gasteiger partial charge in [-0.25, -0.2) is 4.79 Å². The van der Waals surface area contributed by atoms with Crippen LogP contribution in [-0.4, -0.2) is 18.0 Å². The molecule has 0 fully saturated rings. The van der Waals surface area contributed by atoms with E-state index in [0.29, 0.717) is 5.56 Å². The lowest BCUT2D eigenvalue weighted by molar-refractivity contribution is -0.384. The number of ether oxygens (including phenoxy) is 1. The number of anilines is 1. The third-order valence-electron chi connectivity index (χ3n) is 5.64. The van der Waals surface area contributed by atoms with Crippen molar-refractivity contribution in [2.24, 2.45) is 5.92 Å². The maximum absolute atomic E-state index is 12.1. The number of carbonyl (C=O) groups excluding carboxylic acids is 1. The molecule has 4 rings (SSSR count). The van der Waals surface area contributed by atoms with E-state index in [9.17, 15) is 14.9 Å². The van der Waals surface area contributed by atoms with E-state index in [0.717, 1.165) is 28.8 Å². The van der Waals surface area contributed by atoms with Crippen molar-refractivity contribution >= 4 is 17.3 Å². The maximum Gasteiger partial charge on any atom is 0.338 e. The summed E-state index contributed by atoms with van der Waals surface area (Å²) in [7, 11) is 1.37. The van der Waals surface area contributed by atoms with Crippen molar-refractivity contribution in [1.29, 1.82) is 0 Å². The summed E-state index contributed by atoms with van der Waals surface area (Å²) < 4.78 is 4.89. The number of nitro benzene ring substituents is 1. The Morgan fingerprint density at radius 3 is 2.85 bits per heavy atom. The Morgan fingerprint density at radius 1 is 1.30 bits per heavy atom. The molecule has 1 aliphatic heterocycles. The van der Waals surface area contributed by atoms with Gasteiger partial charge < -0.3 is 10.1 Å². The third-order valence-corrected chi connectivity index (χ3v) is 5.64. The number of methoxy groups -OCH3 is 1. The molecule has 6 nitrogen and oxygen atoms in total. The molecule has 1 aliphatic carbocycles. The number of benzene rings is 2. The molecule has 2 aromatic carbocycles. The first-order chi connectivity index (χ1) is 13.0. The van der Waals surface area contributed by atoms with Gasteiger partial charge in [-0.3, -0.25) is 10.1 Å². The number of esters is 1. The van der Waals surface area contributed by atoms with Crippen molar-refractivity contribution < 1.29 is 14.5 Å².